The average Bonchev–Trinajstić information content (AvgIpc) is 3.33. The van der Waals surface area contributed by atoms with Crippen molar-refractivity contribution in [2.45, 2.75) is 30.7 Å². The predicted octanol–water partition coefficient (Wildman–Crippen LogP) is 3.55. The van der Waals surface area contributed by atoms with Gasteiger partial charge in [0.2, 0.25) is 10.0 Å². The van der Waals surface area contributed by atoms with Crippen LogP contribution >= 0.6 is 11.6 Å². The number of hydrogen-bond donors (Lipinski definition) is 0. The molecule has 1 atom stereocenters. The van der Waals surface area contributed by atoms with E-state index in [2.05, 4.69) is 0 Å². The number of hydrogen-bond acceptors (Lipinski definition) is 4. The maximum absolute atomic E-state index is 12.9. The molecule has 0 bridgehead atoms. The molecule has 1 aromatic heterocycles. The van der Waals surface area contributed by atoms with Crippen LogP contribution in [0.1, 0.15) is 41.9 Å². The molecule has 0 radical (unpaired) electrons. The first-order valence-corrected chi connectivity index (χ1v) is 10.2. The fourth-order valence-corrected chi connectivity index (χ4v) is 4.73. The van der Waals surface area contributed by atoms with Crippen molar-refractivity contribution < 1.29 is 17.6 Å². The molecule has 0 spiro atoms. The summed E-state index contributed by atoms with van der Waals surface area (Å²) in [7, 11) is -1.98. The third-order valence-electron chi connectivity index (χ3n) is 4.73. The van der Waals surface area contributed by atoms with E-state index >= 15 is 0 Å². The fourth-order valence-electron chi connectivity index (χ4n) is 2.99. The summed E-state index contributed by atoms with van der Waals surface area (Å²) >= 11 is 6.20. The molecule has 8 heteroatoms. The van der Waals surface area contributed by atoms with Gasteiger partial charge in [-0.1, -0.05) is 11.6 Å². The van der Waals surface area contributed by atoms with Gasteiger partial charge >= 0.3 is 0 Å². The minimum atomic E-state index is -3.62. The van der Waals surface area contributed by atoms with Gasteiger partial charge in [0.1, 0.15) is 5.76 Å². The van der Waals surface area contributed by atoms with Gasteiger partial charge in [-0.2, -0.15) is 4.31 Å². The number of furan rings is 1. The summed E-state index contributed by atoms with van der Waals surface area (Å²) in [4.78, 5) is 14.5. The van der Waals surface area contributed by atoms with Crippen molar-refractivity contribution in [1.82, 2.24) is 9.21 Å². The van der Waals surface area contributed by atoms with Gasteiger partial charge in [-0.05, 0) is 50.1 Å². The molecule has 1 aromatic carbocycles. The van der Waals surface area contributed by atoms with Gasteiger partial charge in [-0.15, -0.1) is 0 Å². The normalized spacial score (nSPS) is 16.6. The molecule has 2 aromatic rings. The summed E-state index contributed by atoms with van der Waals surface area (Å²) in [5.41, 5.74) is 0.160. The number of benzene rings is 1. The monoisotopic (exact) mass is 396 g/mol. The summed E-state index contributed by atoms with van der Waals surface area (Å²) in [6.07, 6.45) is 3.24. The molecule has 0 aliphatic carbocycles. The second-order valence-corrected chi connectivity index (χ2v) is 8.71. The van der Waals surface area contributed by atoms with Crippen LogP contribution in [0.15, 0.2) is 45.9 Å². The third kappa shape index (κ3) is 3.51. The van der Waals surface area contributed by atoms with Crippen LogP contribution < -0.4 is 0 Å². The number of carbonyl (C=O) groups is 1. The van der Waals surface area contributed by atoms with E-state index in [1.807, 2.05) is 6.92 Å². The van der Waals surface area contributed by atoms with E-state index in [9.17, 15) is 13.2 Å². The van der Waals surface area contributed by atoms with Gasteiger partial charge in [-0.3, -0.25) is 4.79 Å². The Morgan fingerprint density at radius 2 is 1.96 bits per heavy atom. The van der Waals surface area contributed by atoms with Gasteiger partial charge < -0.3 is 9.32 Å². The SMILES string of the molecule is CC(c1ccco1)N(C)C(=O)c1cc(S(=O)(=O)N2CCCC2)ccc1Cl. The van der Waals surface area contributed by atoms with Crippen molar-refractivity contribution in [1.29, 1.82) is 0 Å². The molecule has 3 rings (SSSR count). The Morgan fingerprint density at radius 1 is 1.27 bits per heavy atom. The van der Waals surface area contributed by atoms with Crippen LogP contribution in [0.3, 0.4) is 0 Å². The maximum atomic E-state index is 12.9. The minimum absolute atomic E-state index is 0.0891. The highest BCUT2D eigenvalue weighted by Gasteiger charge is 2.29. The molecular formula is C18H21ClN2O4S. The Bertz CT molecular complexity index is 890. The highest BCUT2D eigenvalue weighted by Crippen LogP contribution is 2.28. The quantitative estimate of drug-likeness (QED) is 0.774. The third-order valence-corrected chi connectivity index (χ3v) is 6.95. The van der Waals surface area contributed by atoms with Crippen LogP contribution in [-0.4, -0.2) is 43.7 Å². The lowest BCUT2D eigenvalue weighted by Crippen LogP contribution is -2.31. The van der Waals surface area contributed by atoms with E-state index in [1.54, 1.807) is 25.4 Å². The zero-order valence-electron chi connectivity index (χ0n) is 14.7. The van der Waals surface area contributed by atoms with Crippen molar-refractivity contribution in [3.63, 3.8) is 0 Å². The van der Waals surface area contributed by atoms with Crippen molar-refractivity contribution in [2.24, 2.45) is 0 Å². The maximum Gasteiger partial charge on any atom is 0.255 e. The molecule has 1 saturated heterocycles. The minimum Gasteiger partial charge on any atom is -0.467 e. The molecule has 1 aliphatic rings. The average molecular weight is 397 g/mol. The van der Waals surface area contributed by atoms with Crippen LogP contribution in [0.5, 0.6) is 0 Å². The number of nitrogens with zero attached hydrogens (tertiary/aromatic N) is 2. The lowest BCUT2D eigenvalue weighted by atomic mass is 10.1. The van der Waals surface area contributed by atoms with Crippen LogP contribution in [0.2, 0.25) is 5.02 Å². The number of sulfonamides is 1. The van der Waals surface area contributed by atoms with Gasteiger partial charge in [0.15, 0.2) is 0 Å². The second-order valence-electron chi connectivity index (χ2n) is 6.36. The fraction of sp³-hybridized carbons (Fsp3) is 0.389. The van der Waals surface area contributed by atoms with Gasteiger partial charge in [0.25, 0.3) is 5.91 Å². The van der Waals surface area contributed by atoms with E-state index in [0.29, 0.717) is 18.8 Å². The van der Waals surface area contributed by atoms with E-state index in [4.69, 9.17) is 16.0 Å². The van der Waals surface area contributed by atoms with Crippen molar-refractivity contribution >= 4 is 27.5 Å². The van der Waals surface area contributed by atoms with Crippen LogP contribution in [0.4, 0.5) is 0 Å². The molecule has 2 heterocycles. The zero-order chi connectivity index (χ0) is 18.9. The van der Waals surface area contributed by atoms with Crippen LogP contribution in [0, 0.1) is 0 Å². The summed E-state index contributed by atoms with van der Waals surface area (Å²) < 4.78 is 32.3. The summed E-state index contributed by atoms with van der Waals surface area (Å²) in [6, 6.07) is 7.49. The van der Waals surface area contributed by atoms with Crippen molar-refractivity contribution in [3.8, 4) is 0 Å². The number of rotatable bonds is 5. The van der Waals surface area contributed by atoms with Crippen molar-refractivity contribution in [3.05, 3.63) is 52.9 Å². The highest BCUT2D eigenvalue weighted by molar-refractivity contribution is 7.89. The molecular weight excluding hydrogens is 376 g/mol. The molecule has 6 nitrogen and oxygen atoms in total. The molecule has 140 valence electrons. The summed E-state index contributed by atoms with van der Waals surface area (Å²) in [6.45, 7) is 2.84. The molecule has 1 amide bonds. The largest absolute Gasteiger partial charge is 0.467 e. The number of amides is 1. The van der Waals surface area contributed by atoms with Crippen molar-refractivity contribution in [2.75, 3.05) is 20.1 Å². The van der Waals surface area contributed by atoms with Crippen LogP contribution in [0.25, 0.3) is 0 Å². The first-order valence-electron chi connectivity index (χ1n) is 8.42. The first kappa shape index (κ1) is 18.9. The Hall–Kier alpha value is -1.83. The Morgan fingerprint density at radius 3 is 2.58 bits per heavy atom. The standard InChI is InChI=1S/C18H21ClN2O4S/c1-13(17-6-5-11-25-17)20(2)18(22)15-12-14(7-8-16(15)19)26(23,24)21-9-3-4-10-21/h5-8,11-13H,3-4,9-10H2,1-2H3. The number of halogens is 1. The Balaban J connectivity index is 1.91. The lowest BCUT2D eigenvalue weighted by molar-refractivity contribution is 0.0726. The van der Waals surface area contributed by atoms with Gasteiger partial charge in [0, 0.05) is 20.1 Å². The lowest BCUT2D eigenvalue weighted by Gasteiger charge is -2.24. The van der Waals surface area contributed by atoms with E-state index < -0.39 is 10.0 Å². The molecule has 26 heavy (non-hydrogen) atoms. The molecule has 1 fully saturated rings. The second kappa shape index (κ2) is 7.42. The van der Waals surface area contributed by atoms with Gasteiger partial charge in [-0.25, -0.2) is 8.42 Å². The first-order chi connectivity index (χ1) is 12.3. The molecule has 1 unspecified atom stereocenters. The summed E-state index contributed by atoms with van der Waals surface area (Å²) in [5, 5.41) is 0.217. The highest BCUT2D eigenvalue weighted by atomic mass is 35.5. The Kier molecular flexibility index (Phi) is 5.41. The molecule has 0 N–H and O–H groups in total. The topological polar surface area (TPSA) is 70.8 Å². The van der Waals surface area contributed by atoms with Gasteiger partial charge in [0.05, 0.1) is 27.8 Å². The number of carbonyl (C=O) groups excluding carboxylic acids is 1. The van der Waals surface area contributed by atoms with Crippen LogP contribution in [-0.2, 0) is 10.0 Å². The van der Waals surface area contributed by atoms with E-state index in [0.717, 1.165) is 12.8 Å². The zero-order valence-corrected chi connectivity index (χ0v) is 16.3. The van der Waals surface area contributed by atoms with E-state index in [1.165, 1.54) is 27.4 Å². The smallest absolute Gasteiger partial charge is 0.255 e. The summed E-state index contributed by atoms with van der Waals surface area (Å²) in [5.74, 6) is 0.273. The Labute approximate surface area is 158 Å². The predicted molar refractivity (Wildman–Crippen MR) is 98.7 cm³/mol. The molecule has 1 aliphatic heterocycles. The molecule has 0 saturated carbocycles. The van der Waals surface area contributed by atoms with E-state index in [-0.39, 0.29) is 27.4 Å².